The first kappa shape index (κ1) is 9.80. The van der Waals surface area contributed by atoms with Crippen LogP contribution in [0.5, 0.6) is 0 Å². The second-order valence-corrected chi connectivity index (χ2v) is 3.85. The van der Waals surface area contributed by atoms with Crippen molar-refractivity contribution >= 4 is 15.9 Å². The number of nitrogens with two attached hydrogens (primary N) is 1. The van der Waals surface area contributed by atoms with E-state index in [0.717, 1.165) is 6.08 Å². The van der Waals surface area contributed by atoms with Crippen LogP contribution in [0.1, 0.15) is 0 Å². The molecule has 1 nitrogen and oxygen atoms in total. The van der Waals surface area contributed by atoms with Crippen LogP contribution in [-0.2, 0) is 0 Å². The molecular formula is C7H7BrF3N. The minimum atomic E-state index is -4.37. The lowest BCUT2D eigenvalue weighted by molar-refractivity contribution is -0.147. The Morgan fingerprint density at radius 3 is 2.25 bits per heavy atom. The van der Waals surface area contributed by atoms with Gasteiger partial charge in [-0.1, -0.05) is 40.2 Å². The van der Waals surface area contributed by atoms with Gasteiger partial charge in [0.15, 0.2) is 4.32 Å². The van der Waals surface area contributed by atoms with Gasteiger partial charge in [0.05, 0.1) is 6.04 Å². The molecule has 12 heavy (non-hydrogen) atoms. The maximum atomic E-state index is 12.4. The van der Waals surface area contributed by atoms with Crippen LogP contribution in [0.25, 0.3) is 0 Å². The summed E-state index contributed by atoms with van der Waals surface area (Å²) in [4.78, 5) is 0. The molecule has 0 fully saturated rings. The first-order valence-corrected chi connectivity index (χ1v) is 4.04. The standard InChI is InChI=1S/C7H7BrF3N/c8-6(7(9,10)11)4-2-1-3-5(6)12/h1-5H,12H2. The number of rotatable bonds is 0. The van der Waals surface area contributed by atoms with Crippen LogP contribution in [0.4, 0.5) is 13.2 Å². The van der Waals surface area contributed by atoms with Crippen molar-refractivity contribution in [2.75, 3.05) is 0 Å². The third kappa shape index (κ3) is 1.43. The van der Waals surface area contributed by atoms with Gasteiger partial charge in [0.1, 0.15) is 0 Å². The van der Waals surface area contributed by atoms with Crippen molar-refractivity contribution in [1.82, 2.24) is 0 Å². The second-order valence-electron chi connectivity index (χ2n) is 2.54. The second kappa shape index (κ2) is 2.88. The third-order valence-electron chi connectivity index (χ3n) is 1.69. The van der Waals surface area contributed by atoms with E-state index in [-0.39, 0.29) is 0 Å². The van der Waals surface area contributed by atoms with Crippen molar-refractivity contribution in [2.45, 2.75) is 16.5 Å². The fourth-order valence-electron chi connectivity index (χ4n) is 0.914. The largest absolute Gasteiger partial charge is 0.409 e. The molecule has 68 valence electrons. The zero-order chi connectivity index (χ0) is 9.41. The molecule has 1 rings (SSSR count). The minimum Gasteiger partial charge on any atom is -0.323 e. The predicted molar refractivity (Wildman–Crippen MR) is 44.0 cm³/mol. The highest BCUT2D eigenvalue weighted by molar-refractivity contribution is 9.10. The molecule has 0 spiro atoms. The molecule has 0 aliphatic heterocycles. The van der Waals surface area contributed by atoms with Gasteiger partial charge in [-0.2, -0.15) is 13.2 Å². The molecule has 2 unspecified atom stereocenters. The van der Waals surface area contributed by atoms with E-state index < -0.39 is 16.5 Å². The first-order valence-electron chi connectivity index (χ1n) is 3.25. The Bertz CT molecular complexity index is 233. The summed E-state index contributed by atoms with van der Waals surface area (Å²) in [6.07, 6.45) is 0.773. The van der Waals surface area contributed by atoms with Crippen LogP contribution in [-0.4, -0.2) is 16.5 Å². The summed E-state index contributed by atoms with van der Waals surface area (Å²) in [6, 6.07) is -1.07. The van der Waals surface area contributed by atoms with Gasteiger partial charge in [0.2, 0.25) is 0 Å². The fraction of sp³-hybridized carbons (Fsp3) is 0.429. The molecule has 0 saturated heterocycles. The molecule has 2 N–H and O–H groups in total. The summed E-state index contributed by atoms with van der Waals surface area (Å²) in [7, 11) is 0. The molecule has 0 amide bonds. The Kier molecular flexibility index (Phi) is 2.35. The van der Waals surface area contributed by atoms with Crippen LogP contribution in [0.3, 0.4) is 0 Å². The molecule has 0 saturated carbocycles. The van der Waals surface area contributed by atoms with E-state index in [0.29, 0.717) is 0 Å². The highest BCUT2D eigenvalue weighted by Crippen LogP contribution is 2.42. The predicted octanol–water partition coefficient (Wildman–Crippen LogP) is 2.14. The molecule has 0 heterocycles. The lowest BCUT2D eigenvalue weighted by Crippen LogP contribution is -2.52. The fourth-order valence-corrected chi connectivity index (χ4v) is 1.22. The maximum Gasteiger partial charge on any atom is 0.409 e. The average Bonchev–Trinajstić information content (AvgIpc) is 1.93. The van der Waals surface area contributed by atoms with Crippen molar-refractivity contribution in [3.63, 3.8) is 0 Å². The van der Waals surface area contributed by atoms with Crippen LogP contribution in [0.15, 0.2) is 24.3 Å². The van der Waals surface area contributed by atoms with E-state index >= 15 is 0 Å². The van der Waals surface area contributed by atoms with Crippen molar-refractivity contribution < 1.29 is 13.2 Å². The molecule has 0 aromatic rings. The van der Waals surface area contributed by atoms with Crippen molar-refractivity contribution in [2.24, 2.45) is 5.73 Å². The average molecular weight is 242 g/mol. The highest BCUT2D eigenvalue weighted by atomic mass is 79.9. The Morgan fingerprint density at radius 2 is 1.92 bits per heavy atom. The van der Waals surface area contributed by atoms with Crippen molar-refractivity contribution in [1.29, 1.82) is 0 Å². The van der Waals surface area contributed by atoms with Gasteiger partial charge in [0.25, 0.3) is 0 Å². The van der Waals surface area contributed by atoms with E-state index in [4.69, 9.17) is 5.73 Å². The van der Waals surface area contributed by atoms with Gasteiger partial charge in [0, 0.05) is 0 Å². The number of allylic oxidation sites excluding steroid dienone is 2. The van der Waals surface area contributed by atoms with E-state index in [1.165, 1.54) is 18.2 Å². The highest BCUT2D eigenvalue weighted by Gasteiger charge is 2.55. The molecule has 1 aliphatic carbocycles. The molecule has 0 bridgehead atoms. The summed E-state index contributed by atoms with van der Waals surface area (Å²) >= 11 is 2.59. The van der Waals surface area contributed by atoms with Gasteiger partial charge in [-0.25, -0.2) is 0 Å². The molecular weight excluding hydrogens is 235 g/mol. The van der Waals surface area contributed by atoms with E-state index in [2.05, 4.69) is 15.9 Å². The Balaban J connectivity index is 2.99. The third-order valence-corrected chi connectivity index (χ3v) is 2.93. The Morgan fingerprint density at radius 1 is 1.33 bits per heavy atom. The van der Waals surface area contributed by atoms with Gasteiger partial charge in [-0.3, -0.25) is 0 Å². The first-order chi connectivity index (χ1) is 5.38. The lowest BCUT2D eigenvalue weighted by atomic mass is 9.95. The van der Waals surface area contributed by atoms with Crippen LogP contribution in [0, 0.1) is 0 Å². The van der Waals surface area contributed by atoms with Gasteiger partial charge in [-0.15, -0.1) is 0 Å². The van der Waals surface area contributed by atoms with Gasteiger partial charge >= 0.3 is 6.18 Å². The van der Waals surface area contributed by atoms with E-state index in [9.17, 15) is 13.2 Å². The van der Waals surface area contributed by atoms with Crippen LogP contribution in [0.2, 0.25) is 0 Å². The van der Waals surface area contributed by atoms with Crippen LogP contribution >= 0.6 is 15.9 Å². The maximum absolute atomic E-state index is 12.4. The number of alkyl halides is 4. The molecule has 2 atom stereocenters. The molecule has 1 aliphatic rings. The smallest absolute Gasteiger partial charge is 0.323 e. The molecule has 0 aromatic heterocycles. The zero-order valence-corrected chi connectivity index (χ0v) is 7.56. The minimum absolute atomic E-state index is 1.01. The number of hydrogen-bond donors (Lipinski definition) is 1. The van der Waals surface area contributed by atoms with Gasteiger partial charge < -0.3 is 5.73 Å². The SMILES string of the molecule is NC1C=CC=CC1(Br)C(F)(F)F. The Hall–Kier alpha value is -0.290. The van der Waals surface area contributed by atoms with Gasteiger partial charge in [-0.05, 0) is 0 Å². The summed E-state index contributed by atoms with van der Waals surface area (Å²) in [5.41, 5.74) is 5.29. The monoisotopic (exact) mass is 241 g/mol. The summed E-state index contributed by atoms with van der Waals surface area (Å²) in [5.74, 6) is 0. The summed E-state index contributed by atoms with van der Waals surface area (Å²) < 4.78 is 35.0. The number of hydrogen-bond acceptors (Lipinski definition) is 1. The zero-order valence-electron chi connectivity index (χ0n) is 5.98. The molecule has 5 heteroatoms. The van der Waals surface area contributed by atoms with E-state index in [1.807, 2.05) is 0 Å². The lowest BCUT2D eigenvalue weighted by Gasteiger charge is -2.32. The quantitative estimate of drug-likeness (QED) is 0.647. The summed E-state index contributed by atoms with van der Waals surface area (Å²) in [6.45, 7) is 0. The van der Waals surface area contributed by atoms with Crippen molar-refractivity contribution in [3.8, 4) is 0 Å². The topological polar surface area (TPSA) is 26.0 Å². The molecule has 0 radical (unpaired) electrons. The normalized spacial score (nSPS) is 35.6. The molecule has 0 aromatic carbocycles. The van der Waals surface area contributed by atoms with Crippen LogP contribution < -0.4 is 5.73 Å². The number of halogens is 4. The Labute approximate surface area is 76.2 Å². The van der Waals surface area contributed by atoms with Crippen molar-refractivity contribution in [3.05, 3.63) is 24.3 Å². The van der Waals surface area contributed by atoms with E-state index in [1.54, 1.807) is 0 Å². The summed E-state index contributed by atoms with van der Waals surface area (Å²) in [5, 5.41) is 0.